The number of nitrogens with zero attached hydrogens (tertiary/aromatic N) is 2. The van der Waals surface area contributed by atoms with Gasteiger partial charge in [0.2, 0.25) is 0 Å². The highest BCUT2D eigenvalue weighted by molar-refractivity contribution is 5.80. The lowest BCUT2D eigenvalue weighted by molar-refractivity contribution is 0.0197. The van der Waals surface area contributed by atoms with Crippen LogP contribution in [0.3, 0.4) is 0 Å². The molecule has 0 aliphatic heterocycles. The van der Waals surface area contributed by atoms with Crippen LogP contribution >= 0.6 is 0 Å². The monoisotopic (exact) mass is 245 g/mol. The maximum absolute atomic E-state index is 11.9. The molecule has 0 fully saturated rings. The third-order valence-electron chi connectivity index (χ3n) is 1.99. The van der Waals surface area contributed by atoms with E-state index < -0.39 is 11.7 Å². The van der Waals surface area contributed by atoms with Gasteiger partial charge in [-0.05, 0) is 34.6 Å². The van der Waals surface area contributed by atoms with Crippen molar-refractivity contribution in [3.05, 3.63) is 0 Å². The van der Waals surface area contributed by atoms with E-state index in [0.717, 1.165) is 0 Å². The molecule has 0 saturated heterocycles. The summed E-state index contributed by atoms with van der Waals surface area (Å²) in [6.45, 7) is 9.57. The van der Waals surface area contributed by atoms with Gasteiger partial charge in [-0.3, -0.25) is 0 Å². The smallest absolute Gasteiger partial charge is 0.410 e. The number of hydrogen-bond donors (Lipinski definition) is 2. The van der Waals surface area contributed by atoms with Crippen molar-refractivity contribution in [1.82, 2.24) is 4.90 Å². The van der Waals surface area contributed by atoms with E-state index in [1.165, 1.54) is 0 Å². The van der Waals surface area contributed by atoms with E-state index >= 15 is 0 Å². The lowest BCUT2D eigenvalue weighted by atomic mass is 10.2. The standard InChI is InChI=1S/C11H23N3O3/c1-8(2)14(7-6-9(12)13-16)10(15)17-11(3,4)5/h8,16H,6-7H2,1-5H3,(H2,12,13). The molecule has 0 rings (SSSR count). The van der Waals surface area contributed by atoms with Crippen LogP contribution < -0.4 is 5.73 Å². The van der Waals surface area contributed by atoms with Crippen LogP contribution in [0.15, 0.2) is 5.16 Å². The molecule has 0 bridgehead atoms. The fourth-order valence-corrected chi connectivity index (χ4v) is 1.17. The SMILES string of the molecule is CC(C)N(CCC(N)=NO)C(=O)OC(C)(C)C. The zero-order chi connectivity index (χ0) is 13.6. The van der Waals surface area contributed by atoms with Crippen molar-refractivity contribution in [3.63, 3.8) is 0 Å². The van der Waals surface area contributed by atoms with Gasteiger partial charge in [0.1, 0.15) is 11.4 Å². The molecule has 0 unspecified atom stereocenters. The summed E-state index contributed by atoms with van der Waals surface area (Å²) in [5, 5.41) is 11.3. The molecule has 17 heavy (non-hydrogen) atoms. The highest BCUT2D eigenvalue weighted by Gasteiger charge is 2.23. The van der Waals surface area contributed by atoms with Crippen LogP contribution in [0.25, 0.3) is 0 Å². The van der Waals surface area contributed by atoms with Crippen molar-refractivity contribution in [2.24, 2.45) is 10.9 Å². The summed E-state index contributed by atoms with van der Waals surface area (Å²) in [5.74, 6) is 0.0965. The second-order valence-electron chi connectivity index (χ2n) is 5.11. The van der Waals surface area contributed by atoms with Crippen molar-refractivity contribution in [1.29, 1.82) is 0 Å². The Morgan fingerprint density at radius 3 is 2.35 bits per heavy atom. The number of nitrogens with two attached hydrogens (primary N) is 1. The van der Waals surface area contributed by atoms with Gasteiger partial charge in [0.15, 0.2) is 0 Å². The number of carbonyl (C=O) groups is 1. The fraction of sp³-hybridized carbons (Fsp3) is 0.818. The van der Waals surface area contributed by atoms with Gasteiger partial charge in [-0.2, -0.15) is 0 Å². The summed E-state index contributed by atoms with van der Waals surface area (Å²) in [5.41, 5.74) is 4.84. The highest BCUT2D eigenvalue weighted by Crippen LogP contribution is 2.12. The van der Waals surface area contributed by atoms with Crippen LogP contribution in [0, 0.1) is 0 Å². The Labute approximate surface area is 102 Å². The average molecular weight is 245 g/mol. The molecule has 0 aliphatic rings. The van der Waals surface area contributed by atoms with Crippen LogP contribution in [0.5, 0.6) is 0 Å². The predicted octanol–water partition coefficient (Wildman–Crippen LogP) is 1.77. The number of ether oxygens (including phenoxy) is 1. The van der Waals surface area contributed by atoms with Crippen molar-refractivity contribution >= 4 is 11.9 Å². The van der Waals surface area contributed by atoms with Gasteiger partial charge >= 0.3 is 6.09 Å². The Bertz CT molecular complexity index is 282. The molecular weight excluding hydrogens is 222 g/mol. The van der Waals surface area contributed by atoms with Crippen LogP contribution in [0.1, 0.15) is 41.0 Å². The Morgan fingerprint density at radius 1 is 1.47 bits per heavy atom. The topological polar surface area (TPSA) is 88.1 Å². The number of amidine groups is 1. The van der Waals surface area contributed by atoms with E-state index in [9.17, 15) is 4.79 Å². The van der Waals surface area contributed by atoms with E-state index in [1.54, 1.807) is 4.90 Å². The maximum atomic E-state index is 11.9. The molecule has 0 aromatic heterocycles. The minimum absolute atomic E-state index is 0.00339. The zero-order valence-electron chi connectivity index (χ0n) is 11.2. The first kappa shape index (κ1) is 15.5. The van der Waals surface area contributed by atoms with Crippen molar-refractivity contribution in [2.45, 2.75) is 52.7 Å². The molecule has 0 aliphatic carbocycles. The number of oxime groups is 1. The first-order valence-electron chi connectivity index (χ1n) is 5.63. The van der Waals surface area contributed by atoms with Crippen LogP contribution in [-0.4, -0.2) is 40.2 Å². The average Bonchev–Trinajstić information content (AvgIpc) is 2.14. The molecule has 1 amide bonds. The Morgan fingerprint density at radius 2 is 2.00 bits per heavy atom. The highest BCUT2D eigenvalue weighted by atomic mass is 16.6. The molecule has 3 N–H and O–H groups in total. The molecule has 6 nitrogen and oxygen atoms in total. The molecule has 0 radical (unpaired) electrons. The Balaban J connectivity index is 4.48. The molecule has 0 saturated carbocycles. The van der Waals surface area contributed by atoms with Gasteiger partial charge in [-0.1, -0.05) is 5.16 Å². The number of rotatable bonds is 4. The van der Waals surface area contributed by atoms with Crippen molar-refractivity contribution in [2.75, 3.05) is 6.54 Å². The maximum Gasteiger partial charge on any atom is 0.410 e. The molecule has 6 heteroatoms. The molecule has 0 aromatic carbocycles. The van der Waals surface area contributed by atoms with Crippen molar-refractivity contribution < 1.29 is 14.7 Å². The van der Waals surface area contributed by atoms with E-state index in [2.05, 4.69) is 5.16 Å². The van der Waals surface area contributed by atoms with Crippen LogP contribution in [-0.2, 0) is 4.74 Å². The second kappa shape index (κ2) is 6.32. The van der Waals surface area contributed by atoms with E-state index in [4.69, 9.17) is 15.7 Å². The minimum atomic E-state index is -0.527. The zero-order valence-corrected chi connectivity index (χ0v) is 11.2. The normalized spacial score (nSPS) is 12.7. The predicted molar refractivity (Wildman–Crippen MR) is 66.1 cm³/mol. The second-order valence-corrected chi connectivity index (χ2v) is 5.11. The number of hydrogen-bond acceptors (Lipinski definition) is 4. The van der Waals surface area contributed by atoms with E-state index in [1.807, 2.05) is 34.6 Å². The Kier molecular flexibility index (Phi) is 5.78. The quantitative estimate of drug-likeness (QED) is 0.342. The third-order valence-corrected chi connectivity index (χ3v) is 1.99. The lowest BCUT2D eigenvalue weighted by Crippen LogP contribution is -2.42. The van der Waals surface area contributed by atoms with Crippen LogP contribution in [0.4, 0.5) is 4.79 Å². The summed E-state index contributed by atoms with van der Waals surface area (Å²) >= 11 is 0. The minimum Gasteiger partial charge on any atom is -0.444 e. The van der Waals surface area contributed by atoms with Gasteiger partial charge in [-0.15, -0.1) is 0 Å². The first-order chi connectivity index (χ1) is 7.67. The lowest BCUT2D eigenvalue weighted by Gasteiger charge is -2.29. The summed E-state index contributed by atoms with van der Waals surface area (Å²) in [6.07, 6.45) is -0.0771. The molecule has 0 heterocycles. The fourth-order valence-electron chi connectivity index (χ4n) is 1.17. The molecular formula is C11H23N3O3. The Hall–Kier alpha value is -1.46. The number of amides is 1. The van der Waals surface area contributed by atoms with Crippen LogP contribution in [0.2, 0.25) is 0 Å². The van der Waals surface area contributed by atoms with E-state index in [-0.39, 0.29) is 11.9 Å². The van der Waals surface area contributed by atoms with Gasteiger partial charge in [0.25, 0.3) is 0 Å². The molecule has 0 spiro atoms. The van der Waals surface area contributed by atoms with E-state index in [0.29, 0.717) is 13.0 Å². The summed E-state index contributed by atoms with van der Waals surface area (Å²) in [7, 11) is 0. The van der Waals surface area contributed by atoms with Gasteiger partial charge in [-0.25, -0.2) is 4.79 Å². The largest absolute Gasteiger partial charge is 0.444 e. The van der Waals surface area contributed by atoms with Gasteiger partial charge in [0, 0.05) is 19.0 Å². The summed E-state index contributed by atoms with van der Waals surface area (Å²) < 4.78 is 5.27. The first-order valence-corrected chi connectivity index (χ1v) is 5.63. The molecule has 0 atom stereocenters. The van der Waals surface area contributed by atoms with Gasteiger partial charge in [0.05, 0.1) is 0 Å². The van der Waals surface area contributed by atoms with Gasteiger partial charge < -0.3 is 20.6 Å². The van der Waals surface area contributed by atoms with Crippen molar-refractivity contribution in [3.8, 4) is 0 Å². The summed E-state index contributed by atoms with van der Waals surface area (Å²) in [6, 6.07) is -0.00339. The number of carbonyl (C=O) groups excluding carboxylic acids is 1. The molecule has 100 valence electrons. The third kappa shape index (κ3) is 6.65. The summed E-state index contributed by atoms with van der Waals surface area (Å²) in [4.78, 5) is 13.4. The molecule has 0 aromatic rings.